The summed E-state index contributed by atoms with van der Waals surface area (Å²) in [6.07, 6.45) is 5.43. The second-order valence-corrected chi connectivity index (χ2v) is 9.54. The van der Waals surface area contributed by atoms with E-state index in [9.17, 15) is 4.21 Å². The van der Waals surface area contributed by atoms with Gasteiger partial charge in [-0.2, -0.15) is 0 Å². The van der Waals surface area contributed by atoms with Crippen LogP contribution in [0, 0.1) is 0 Å². The quantitative estimate of drug-likeness (QED) is 0.363. The molecule has 1 atom stereocenters. The number of nitrogens with zero attached hydrogens (tertiary/aromatic N) is 3. The number of aromatic nitrogens is 2. The highest BCUT2D eigenvalue weighted by Gasteiger charge is 2.28. The molecule has 1 aliphatic heterocycles. The molecule has 0 N–H and O–H groups in total. The molecule has 5 rings (SSSR count). The third-order valence-electron chi connectivity index (χ3n) is 5.61. The van der Waals surface area contributed by atoms with Gasteiger partial charge in [-0.05, 0) is 41.5 Å². The molecule has 0 saturated carbocycles. The minimum absolute atomic E-state index is 0.181. The number of rotatable bonds is 8. The molecule has 0 radical (unpaired) electrons. The Bertz CT molecular complexity index is 1240. The predicted molar refractivity (Wildman–Crippen MR) is 132 cm³/mol. The van der Waals surface area contributed by atoms with Crippen LogP contribution < -0.4 is 9.47 Å². The van der Waals surface area contributed by atoms with Crippen molar-refractivity contribution in [1.29, 1.82) is 0 Å². The molecule has 2 aromatic heterocycles. The smallest absolute Gasteiger partial charge is 0.219 e. The molecule has 1 saturated heterocycles. The van der Waals surface area contributed by atoms with Gasteiger partial charge in [0, 0.05) is 49.9 Å². The van der Waals surface area contributed by atoms with Crippen LogP contribution in [0.5, 0.6) is 17.4 Å². The Hall–Kier alpha value is -3.55. The van der Waals surface area contributed by atoms with Gasteiger partial charge < -0.3 is 9.47 Å². The van der Waals surface area contributed by atoms with Crippen LogP contribution in [0.3, 0.4) is 0 Å². The van der Waals surface area contributed by atoms with E-state index in [0.29, 0.717) is 10.9 Å². The second kappa shape index (κ2) is 10.2. The van der Waals surface area contributed by atoms with E-state index in [1.165, 1.54) is 0 Å². The van der Waals surface area contributed by atoms with Gasteiger partial charge in [-0.25, -0.2) is 9.97 Å². The number of pyridine rings is 2. The van der Waals surface area contributed by atoms with E-state index in [0.717, 1.165) is 47.8 Å². The number of ether oxygens (including phenoxy) is 2. The molecule has 3 heterocycles. The molecule has 34 heavy (non-hydrogen) atoms. The molecule has 1 unspecified atom stereocenters. The highest BCUT2D eigenvalue weighted by atomic mass is 32.2. The fraction of sp³-hybridized carbons (Fsp3) is 0.185. The maximum absolute atomic E-state index is 11.5. The van der Waals surface area contributed by atoms with Crippen LogP contribution in [0.25, 0.3) is 11.1 Å². The first kappa shape index (κ1) is 22.3. The molecule has 4 aromatic rings. The molecule has 0 spiro atoms. The lowest BCUT2D eigenvalue weighted by atomic mass is 10.1. The van der Waals surface area contributed by atoms with E-state index in [-0.39, 0.29) is 6.10 Å². The summed E-state index contributed by atoms with van der Waals surface area (Å²) in [4.78, 5) is 11.0. The summed E-state index contributed by atoms with van der Waals surface area (Å²) in [5, 5.41) is 0.588. The lowest BCUT2D eigenvalue weighted by Gasteiger charge is -2.39. The van der Waals surface area contributed by atoms with Crippen LogP contribution >= 0.6 is 0 Å². The standard InChI is InChI=1S/C27H25N3O3S/c1-34(31)27-14-10-22(16-29-27)21-8-11-24(12-9-21)32-25-18-30(19-25)17-20-7-13-26(28-15-20)33-23-5-3-2-4-6-23/h2-16,25H,17-19H2,1H3. The molecule has 0 aliphatic carbocycles. The molecule has 172 valence electrons. The second-order valence-electron chi connectivity index (χ2n) is 8.22. The first-order valence-electron chi connectivity index (χ1n) is 11.1. The summed E-state index contributed by atoms with van der Waals surface area (Å²) in [7, 11) is -1.07. The molecule has 0 bridgehead atoms. The van der Waals surface area contributed by atoms with Crippen LogP contribution in [0.4, 0.5) is 0 Å². The summed E-state index contributed by atoms with van der Waals surface area (Å²) in [6, 6.07) is 25.4. The fourth-order valence-corrected chi connectivity index (χ4v) is 4.26. The van der Waals surface area contributed by atoms with Crippen molar-refractivity contribution in [3.05, 3.63) is 96.8 Å². The first-order chi connectivity index (χ1) is 16.6. The lowest BCUT2D eigenvalue weighted by molar-refractivity contribution is 0.0145. The van der Waals surface area contributed by atoms with Gasteiger partial charge in [0.25, 0.3) is 0 Å². The third kappa shape index (κ3) is 5.50. The SMILES string of the molecule is CS(=O)c1ccc(-c2ccc(OC3CN(Cc4ccc(Oc5ccccc5)nc4)C3)cc2)cn1. The molecule has 1 aliphatic rings. The Balaban J connectivity index is 1.09. The molecule has 0 amide bonds. The van der Waals surface area contributed by atoms with Crippen molar-refractivity contribution >= 4 is 10.8 Å². The van der Waals surface area contributed by atoms with Crippen LogP contribution in [0.2, 0.25) is 0 Å². The normalized spacial score (nSPS) is 14.9. The van der Waals surface area contributed by atoms with Crippen LogP contribution in [0.15, 0.2) is 96.3 Å². The van der Waals surface area contributed by atoms with Gasteiger partial charge in [0.2, 0.25) is 5.88 Å². The molecule has 2 aromatic carbocycles. The van der Waals surface area contributed by atoms with Crippen molar-refractivity contribution in [3.8, 4) is 28.5 Å². The summed E-state index contributed by atoms with van der Waals surface area (Å²) >= 11 is 0. The van der Waals surface area contributed by atoms with E-state index < -0.39 is 10.8 Å². The maximum atomic E-state index is 11.5. The van der Waals surface area contributed by atoms with Gasteiger partial charge in [-0.1, -0.05) is 42.5 Å². The largest absolute Gasteiger partial charge is 0.488 e. The number of benzene rings is 2. The summed E-state index contributed by atoms with van der Waals surface area (Å²) in [5.74, 6) is 2.23. The van der Waals surface area contributed by atoms with E-state index in [4.69, 9.17) is 9.47 Å². The van der Waals surface area contributed by atoms with Crippen LogP contribution in [0.1, 0.15) is 5.56 Å². The molecule has 6 nitrogen and oxygen atoms in total. The van der Waals surface area contributed by atoms with Crippen LogP contribution in [-0.2, 0) is 17.3 Å². The predicted octanol–water partition coefficient (Wildman–Crippen LogP) is 4.94. The van der Waals surface area contributed by atoms with E-state index in [2.05, 4.69) is 20.9 Å². The van der Waals surface area contributed by atoms with Crippen molar-refractivity contribution in [2.75, 3.05) is 19.3 Å². The molecular formula is C27H25N3O3S. The molecule has 7 heteroatoms. The topological polar surface area (TPSA) is 64.5 Å². The van der Waals surface area contributed by atoms with E-state index >= 15 is 0 Å². The molecule has 1 fully saturated rings. The first-order valence-corrected chi connectivity index (χ1v) is 12.6. The Labute approximate surface area is 201 Å². The van der Waals surface area contributed by atoms with Gasteiger partial charge in [0.1, 0.15) is 22.6 Å². The van der Waals surface area contributed by atoms with Crippen molar-refractivity contribution in [1.82, 2.24) is 14.9 Å². The van der Waals surface area contributed by atoms with Gasteiger partial charge >= 0.3 is 0 Å². The highest BCUT2D eigenvalue weighted by molar-refractivity contribution is 7.84. The zero-order valence-corrected chi connectivity index (χ0v) is 19.7. The number of hydrogen-bond acceptors (Lipinski definition) is 6. The summed E-state index contributed by atoms with van der Waals surface area (Å²) < 4.78 is 23.4. The average molecular weight is 472 g/mol. The summed E-state index contributed by atoms with van der Waals surface area (Å²) in [5.41, 5.74) is 3.19. The number of hydrogen-bond donors (Lipinski definition) is 0. The number of likely N-dealkylation sites (tertiary alicyclic amines) is 1. The zero-order chi connectivity index (χ0) is 23.3. The Morgan fingerprint density at radius 1 is 0.853 bits per heavy atom. The third-order valence-corrected chi connectivity index (χ3v) is 6.44. The van der Waals surface area contributed by atoms with Crippen molar-refractivity contribution in [2.24, 2.45) is 0 Å². The van der Waals surface area contributed by atoms with Crippen molar-refractivity contribution < 1.29 is 13.7 Å². The minimum atomic E-state index is -1.07. The fourth-order valence-electron chi connectivity index (χ4n) is 3.80. The van der Waals surface area contributed by atoms with E-state index in [1.54, 1.807) is 18.5 Å². The Morgan fingerprint density at radius 2 is 1.62 bits per heavy atom. The van der Waals surface area contributed by atoms with Gasteiger partial charge in [-0.15, -0.1) is 0 Å². The van der Waals surface area contributed by atoms with Crippen LogP contribution in [-0.4, -0.2) is 44.5 Å². The monoisotopic (exact) mass is 471 g/mol. The minimum Gasteiger partial charge on any atom is -0.488 e. The Kier molecular flexibility index (Phi) is 6.65. The lowest BCUT2D eigenvalue weighted by Crippen LogP contribution is -2.53. The number of para-hydroxylation sites is 1. The van der Waals surface area contributed by atoms with Crippen molar-refractivity contribution in [3.63, 3.8) is 0 Å². The van der Waals surface area contributed by atoms with Gasteiger partial charge in [-0.3, -0.25) is 9.11 Å². The molecular weight excluding hydrogens is 446 g/mol. The van der Waals surface area contributed by atoms with E-state index in [1.807, 2.05) is 72.9 Å². The zero-order valence-electron chi connectivity index (χ0n) is 18.8. The van der Waals surface area contributed by atoms with Crippen molar-refractivity contribution in [2.45, 2.75) is 17.7 Å². The Morgan fingerprint density at radius 3 is 2.26 bits per heavy atom. The highest BCUT2D eigenvalue weighted by Crippen LogP contribution is 2.25. The summed E-state index contributed by atoms with van der Waals surface area (Å²) in [6.45, 7) is 2.59. The average Bonchev–Trinajstić information content (AvgIpc) is 2.85. The maximum Gasteiger partial charge on any atom is 0.219 e. The van der Waals surface area contributed by atoms with Gasteiger partial charge in [0.15, 0.2) is 0 Å². The van der Waals surface area contributed by atoms with Gasteiger partial charge in [0.05, 0.1) is 10.8 Å².